The standard InChI is InChI=1S/C12H19N5O2.ClH/c1-18-9-4-3-8(7-10(9)19-2)5-6-16-12(15)17-11(13)14;/h3-4,7H,5-6H2,1-2H3,(H6,13,14,15,16,17);1H. The lowest BCUT2D eigenvalue weighted by Crippen LogP contribution is -2.26. The maximum Gasteiger partial charge on any atom is 0.218 e. The molecule has 112 valence electrons. The van der Waals surface area contributed by atoms with E-state index < -0.39 is 0 Å². The van der Waals surface area contributed by atoms with Gasteiger partial charge in [0.15, 0.2) is 17.5 Å². The third-order valence-corrected chi connectivity index (χ3v) is 2.37. The molecule has 0 spiro atoms. The van der Waals surface area contributed by atoms with Gasteiger partial charge in [-0.1, -0.05) is 6.07 Å². The van der Waals surface area contributed by atoms with Gasteiger partial charge in [-0.15, -0.1) is 12.4 Å². The molecule has 0 aliphatic rings. The van der Waals surface area contributed by atoms with Gasteiger partial charge in [0.1, 0.15) is 0 Å². The highest BCUT2D eigenvalue weighted by Crippen LogP contribution is 2.27. The van der Waals surface area contributed by atoms with Crippen molar-refractivity contribution in [2.24, 2.45) is 27.2 Å². The number of ether oxygens (including phenoxy) is 2. The number of hydrogen-bond acceptors (Lipinski definition) is 3. The normalized spacial score (nSPS) is 10.4. The minimum Gasteiger partial charge on any atom is -0.493 e. The predicted octanol–water partition coefficient (Wildman–Crippen LogP) is 0.256. The van der Waals surface area contributed by atoms with Gasteiger partial charge in [-0.05, 0) is 24.1 Å². The van der Waals surface area contributed by atoms with Gasteiger partial charge in [-0.25, -0.2) is 0 Å². The van der Waals surface area contributed by atoms with Crippen LogP contribution in [-0.4, -0.2) is 32.7 Å². The van der Waals surface area contributed by atoms with Gasteiger partial charge < -0.3 is 26.7 Å². The summed E-state index contributed by atoms with van der Waals surface area (Å²) in [7, 11) is 3.19. The third kappa shape index (κ3) is 5.66. The van der Waals surface area contributed by atoms with Crippen molar-refractivity contribution in [1.82, 2.24) is 0 Å². The van der Waals surface area contributed by atoms with Gasteiger partial charge in [0, 0.05) is 6.54 Å². The van der Waals surface area contributed by atoms with Crippen LogP contribution in [-0.2, 0) is 6.42 Å². The van der Waals surface area contributed by atoms with Crippen LogP contribution in [0.4, 0.5) is 0 Å². The van der Waals surface area contributed by atoms with Gasteiger partial charge in [0.2, 0.25) is 5.96 Å². The van der Waals surface area contributed by atoms with Crippen LogP contribution in [0.15, 0.2) is 28.2 Å². The van der Waals surface area contributed by atoms with Crippen LogP contribution in [0.1, 0.15) is 5.56 Å². The van der Waals surface area contributed by atoms with Gasteiger partial charge in [0.25, 0.3) is 0 Å². The molecular weight excluding hydrogens is 282 g/mol. The molecule has 0 saturated carbocycles. The quantitative estimate of drug-likeness (QED) is 0.532. The second kappa shape index (κ2) is 8.87. The molecule has 0 unspecified atom stereocenters. The Labute approximate surface area is 124 Å². The maximum absolute atomic E-state index is 5.50. The average Bonchev–Trinajstić information content (AvgIpc) is 2.37. The molecule has 0 saturated heterocycles. The number of guanidine groups is 2. The highest BCUT2D eigenvalue weighted by molar-refractivity contribution is 5.92. The number of rotatable bonds is 5. The molecule has 0 atom stereocenters. The molecule has 6 N–H and O–H groups in total. The van der Waals surface area contributed by atoms with Gasteiger partial charge in [-0.2, -0.15) is 4.99 Å². The Kier molecular flexibility index (Phi) is 7.91. The van der Waals surface area contributed by atoms with Crippen LogP contribution in [0, 0.1) is 0 Å². The SMILES string of the molecule is COc1ccc(CCN=C(N)N=C(N)N)cc1OC.Cl. The van der Waals surface area contributed by atoms with E-state index in [2.05, 4.69) is 9.98 Å². The van der Waals surface area contributed by atoms with Crippen molar-refractivity contribution in [1.29, 1.82) is 0 Å². The largest absolute Gasteiger partial charge is 0.493 e. The topological polar surface area (TPSA) is 121 Å². The van der Waals surface area contributed by atoms with Crippen molar-refractivity contribution in [3.05, 3.63) is 23.8 Å². The van der Waals surface area contributed by atoms with Crippen molar-refractivity contribution in [3.63, 3.8) is 0 Å². The zero-order valence-electron chi connectivity index (χ0n) is 11.5. The number of methoxy groups -OCH3 is 2. The molecule has 0 aliphatic carbocycles. The summed E-state index contributed by atoms with van der Waals surface area (Å²) in [6.45, 7) is 0.484. The lowest BCUT2D eigenvalue weighted by atomic mass is 10.1. The van der Waals surface area contributed by atoms with E-state index in [-0.39, 0.29) is 24.3 Å². The highest BCUT2D eigenvalue weighted by Gasteiger charge is 2.04. The van der Waals surface area contributed by atoms with Crippen molar-refractivity contribution in [2.75, 3.05) is 20.8 Å². The molecule has 1 aromatic carbocycles. The smallest absolute Gasteiger partial charge is 0.218 e. The number of benzene rings is 1. The number of halogens is 1. The van der Waals surface area contributed by atoms with Crippen LogP contribution in [0.5, 0.6) is 11.5 Å². The molecule has 0 aromatic heterocycles. The molecule has 0 bridgehead atoms. The summed E-state index contributed by atoms with van der Waals surface area (Å²) >= 11 is 0. The minimum atomic E-state index is -0.104. The Morgan fingerprint density at radius 3 is 2.30 bits per heavy atom. The van der Waals surface area contributed by atoms with Gasteiger partial charge in [0.05, 0.1) is 14.2 Å². The average molecular weight is 302 g/mol. The molecule has 8 heteroatoms. The van der Waals surface area contributed by atoms with E-state index in [9.17, 15) is 0 Å². The zero-order chi connectivity index (χ0) is 14.3. The van der Waals surface area contributed by atoms with Crippen molar-refractivity contribution >= 4 is 24.3 Å². The monoisotopic (exact) mass is 301 g/mol. The first-order valence-corrected chi connectivity index (χ1v) is 5.67. The zero-order valence-corrected chi connectivity index (χ0v) is 12.3. The van der Waals surface area contributed by atoms with E-state index in [1.807, 2.05) is 18.2 Å². The molecule has 1 rings (SSSR count). The number of aliphatic imine (C=N–C) groups is 2. The van der Waals surface area contributed by atoms with Gasteiger partial charge in [-0.3, -0.25) is 4.99 Å². The molecule has 20 heavy (non-hydrogen) atoms. The summed E-state index contributed by atoms with van der Waals surface area (Å²) in [5.74, 6) is 1.34. The maximum atomic E-state index is 5.50. The molecule has 7 nitrogen and oxygen atoms in total. The van der Waals surface area contributed by atoms with Gasteiger partial charge >= 0.3 is 0 Å². The van der Waals surface area contributed by atoms with E-state index in [4.69, 9.17) is 26.7 Å². The first-order chi connectivity index (χ1) is 9.06. The summed E-state index contributed by atoms with van der Waals surface area (Å²) in [5, 5.41) is 0. The molecule has 0 fully saturated rings. The van der Waals surface area contributed by atoms with E-state index in [1.54, 1.807) is 14.2 Å². The molecule has 1 aromatic rings. The van der Waals surface area contributed by atoms with Crippen molar-refractivity contribution < 1.29 is 9.47 Å². The van der Waals surface area contributed by atoms with Crippen LogP contribution in [0.3, 0.4) is 0 Å². The summed E-state index contributed by atoms with van der Waals surface area (Å²) in [5.41, 5.74) is 16.9. The fraction of sp³-hybridized carbons (Fsp3) is 0.333. The molecule has 0 amide bonds. The predicted molar refractivity (Wildman–Crippen MR) is 82.8 cm³/mol. The lowest BCUT2D eigenvalue weighted by molar-refractivity contribution is 0.354. The Morgan fingerprint density at radius 2 is 1.75 bits per heavy atom. The summed E-state index contributed by atoms with van der Waals surface area (Å²) < 4.78 is 10.4. The first kappa shape index (κ1) is 17.8. The summed E-state index contributed by atoms with van der Waals surface area (Å²) in [6, 6.07) is 5.68. The van der Waals surface area contributed by atoms with Crippen LogP contribution < -0.4 is 26.7 Å². The summed E-state index contributed by atoms with van der Waals surface area (Å²) in [4.78, 5) is 7.66. The second-order valence-electron chi connectivity index (χ2n) is 3.72. The minimum absolute atomic E-state index is 0. The van der Waals surface area contributed by atoms with E-state index >= 15 is 0 Å². The molecular formula is C12H20ClN5O2. The number of nitrogens with zero attached hydrogens (tertiary/aromatic N) is 2. The van der Waals surface area contributed by atoms with E-state index in [0.717, 1.165) is 5.56 Å². The molecule has 0 radical (unpaired) electrons. The van der Waals surface area contributed by atoms with E-state index in [0.29, 0.717) is 24.5 Å². The number of hydrogen-bond donors (Lipinski definition) is 3. The van der Waals surface area contributed by atoms with Crippen LogP contribution in [0.25, 0.3) is 0 Å². The fourth-order valence-corrected chi connectivity index (χ4v) is 1.50. The Hall–Kier alpha value is -2.15. The first-order valence-electron chi connectivity index (χ1n) is 5.67. The Morgan fingerprint density at radius 1 is 1.10 bits per heavy atom. The van der Waals surface area contributed by atoms with Crippen molar-refractivity contribution in [2.45, 2.75) is 6.42 Å². The second-order valence-corrected chi connectivity index (χ2v) is 3.72. The van der Waals surface area contributed by atoms with Crippen LogP contribution >= 0.6 is 12.4 Å². The lowest BCUT2D eigenvalue weighted by Gasteiger charge is -2.08. The summed E-state index contributed by atoms with van der Waals surface area (Å²) in [6.07, 6.45) is 0.695. The van der Waals surface area contributed by atoms with Crippen LogP contribution in [0.2, 0.25) is 0 Å². The molecule has 0 aliphatic heterocycles. The Bertz CT molecular complexity index is 487. The molecule has 0 heterocycles. The number of nitrogens with two attached hydrogens (primary N) is 3. The third-order valence-electron chi connectivity index (χ3n) is 2.37. The van der Waals surface area contributed by atoms with Crippen molar-refractivity contribution in [3.8, 4) is 11.5 Å². The highest BCUT2D eigenvalue weighted by atomic mass is 35.5. The Balaban J connectivity index is 0.00000361. The fourth-order valence-electron chi connectivity index (χ4n) is 1.50. The van der Waals surface area contributed by atoms with E-state index in [1.165, 1.54) is 0 Å².